The number of hydrogen-bond acceptors (Lipinski definition) is 5. The summed E-state index contributed by atoms with van der Waals surface area (Å²) in [5.41, 5.74) is 4.25. The van der Waals surface area contributed by atoms with E-state index in [-0.39, 0.29) is 5.91 Å². The fourth-order valence-electron chi connectivity index (χ4n) is 3.75. The number of aryl methyl sites for hydroxylation is 3. The van der Waals surface area contributed by atoms with Crippen LogP contribution in [-0.4, -0.2) is 43.8 Å². The van der Waals surface area contributed by atoms with Crippen LogP contribution in [0, 0.1) is 19.8 Å². The number of pyridine rings is 1. The second-order valence-electron chi connectivity index (χ2n) is 7.20. The van der Waals surface area contributed by atoms with Crippen molar-refractivity contribution >= 4 is 5.91 Å². The van der Waals surface area contributed by atoms with E-state index in [0.717, 1.165) is 54.3 Å². The summed E-state index contributed by atoms with van der Waals surface area (Å²) >= 11 is 0. The van der Waals surface area contributed by atoms with Gasteiger partial charge in [-0.1, -0.05) is 11.2 Å². The van der Waals surface area contributed by atoms with Gasteiger partial charge in [-0.25, -0.2) is 0 Å². The second-order valence-corrected chi connectivity index (χ2v) is 7.20. The van der Waals surface area contributed by atoms with E-state index in [1.54, 1.807) is 16.9 Å². The molecule has 0 aromatic carbocycles. The van der Waals surface area contributed by atoms with Crippen LogP contribution in [0.3, 0.4) is 0 Å². The van der Waals surface area contributed by atoms with E-state index in [9.17, 15) is 4.79 Å². The summed E-state index contributed by atoms with van der Waals surface area (Å²) in [5, 5.41) is 8.24. The smallest absolute Gasteiger partial charge is 0.274 e. The van der Waals surface area contributed by atoms with Crippen LogP contribution in [0.25, 0.3) is 11.3 Å². The topological polar surface area (TPSA) is 77.0 Å². The molecule has 7 nitrogen and oxygen atoms in total. The van der Waals surface area contributed by atoms with Crippen LogP contribution in [0.1, 0.15) is 34.1 Å². The third kappa shape index (κ3) is 3.49. The highest BCUT2D eigenvalue weighted by atomic mass is 16.5. The van der Waals surface area contributed by atoms with Gasteiger partial charge in [0.2, 0.25) is 0 Å². The molecule has 0 aliphatic carbocycles. The molecule has 1 unspecified atom stereocenters. The normalized spacial score (nSPS) is 16.9. The molecule has 0 saturated carbocycles. The minimum Gasteiger partial charge on any atom is -0.361 e. The molecular weight excluding hydrogens is 342 g/mol. The largest absolute Gasteiger partial charge is 0.361 e. The molecule has 27 heavy (non-hydrogen) atoms. The van der Waals surface area contributed by atoms with Gasteiger partial charge in [-0.3, -0.25) is 14.5 Å². The Labute approximate surface area is 158 Å². The molecule has 1 aliphatic rings. The molecule has 3 aromatic heterocycles. The lowest BCUT2D eigenvalue weighted by molar-refractivity contribution is 0.0780. The number of aromatic nitrogens is 4. The van der Waals surface area contributed by atoms with E-state index >= 15 is 0 Å². The maximum atomic E-state index is 12.6. The van der Waals surface area contributed by atoms with Crippen molar-refractivity contribution in [3.05, 3.63) is 53.3 Å². The summed E-state index contributed by atoms with van der Waals surface area (Å²) in [6.45, 7) is 5.34. The Morgan fingerprint density at radius 1 is 1.30 bits per heavy atom. The van der Waals surface area contributed by atoms with Gasteiger partial charge >= 0.3 is 0 Å². The van der Waals surface area contributed by atoms with Crippen molar-refractivity contribution < 1.29 is 9.32 Å². The first-order chi connectivity index (χ1) is 13.0. The van der Waals surface area contributed by atoms with Crippen molar-refractivity contribution in [3.63, 3.8) is 0 Å². The van der Waals surface area contributed by atoms with Crippen LogP contribution in [0.5, 0.6) is 0 Å². The summed E-state index contributed by atoms with van der Waals surface area (Å²) in [5.74, 6) is 1.20. The minimum absolute atomic E-state index is 0.00975. The Hall–Kier alpha value is -2.96. The molecule has 0 N–H and O–H groups in total. The average molecular weight is 365 g/mol. The molecular formula is C20H23N5O2. The monoisotopic (exact) mass is 365 g/mol. The Balaban J connectivity index is 1.45. The summed E-state index contributed by atoms with van der Waals surface area (Å²) in [6, 6.07) is 7.83. The maximum absolute atomic E-state index is 12.6. The zero-order chi connectivity index (χ0) is 19.0. The van der Waals surface area contributed by atoms with Crippen molar-refractivity contribution in [1.29, 1.82) is 0 Å². The number of rotatable bonds is 4. The molecule has 1 atom stereocenters. The van der Waals surface area contributed by atoms with Gasteiger partial charge in [0.15, 0.2) is 0 Å². The van der Waals surface area contributed by atoms with Crippen molar-refractivity contribution in [2.45, 2.75) is 26.7 Å². The van der Waals surface area contributed by atoms with E-state index < -0.39 is 0 Å². The Morgan fingerprint density at radius 2 is 2.15 bits per heavy atom. The number of carbonyl (C=O) groups excluding carboxylic acids is 1. The molecule has 3 aromatic rings. The molecule has 4 heterocycles. The van der Waals surface area contributed by atoms with Crippen LogP contribution in [0.4, 0.5) is 0 Å². The summed E-state index contributed by atoms with van der Waals surface area (Å²) in [7, 11) is 1.82. The zero-order valence-electron chi connectivity index (χ0n) is 15.8. The molecule has 0 spiro atoms. The van der Waals surface area contributed by atoms with Gasteiger partial charge in [0.05, 0.1) is 17.0 Å². The third-order valence-electron chi connectivity index (χ3n) is 5.10. The molecule has 140 valence electrons. The molecule has 0 radical (unpaired) electrons. The van der Waals surface area contributed by atoms with Gasteiger partial charge in [0, 0.05) is 32.0 Å². The van der Waals surface area contributed by atoms with Crippen LogP contribution >= 0.6 is 0 Å². The maximum Gasteiger partial charge on any atom is 0.274 e. The molecule has 4 rings (SSSR count). The highest BCUT2D eigenvalue weighted by Crippen LogP contribution is 2.27. The second kappa shape index (κ2) is 6.98. The predicted molar refractivity (Wildman–Crippen MR) is 100 cm³/mol. The highest BCUT2D eigenvalue weighted by Gasteiger charge is 2.28. The fourth-order valence-corrected chi connectivity index (χ4v) is 3.75. The van der Waals surface area contributed by atoms with E-state index in [0.29, 0.717) is 11.6 Å². The summed E-state index contributed by atoms with van der Waals surface area (Å²) in [6.07, 6.45) is 3.63. The molecule has 1 fully saturated rings. The molecule has 0 bridgehead atoms. The third-order valence-corrected chi connectivity index (χ3v) is 5.10. The number of carbonyl (C=O) groups is 1. The summed E-state index contributed by atoms with van der Waals surface area (Å²) in [4.78, 5) is 19.3. The number of amides is 1. The van der Waals surface area contributed by atoms with Crippen LogP contribution in [-0.2, 0) is 13.5 Å². The van der Waals surface area contributed by atoms with Crippen LogP contribution in [0.2, 0.25) is 0 Å². The van der Waals surface area contributed by atoms with Crippen molar-refractivity contribution in [1.82, 2.24) is 24.8 Å². The average Bonchev–Trinajstić information content (AvgIpc) is 3.36. The van der Waals surface area contributed by atoms with Crippen LogP contribution < -0.4 is 0 Å². The first kappa shape index (κ1) is 17.5. The standard InChI is InChI=1S/C20H23N5O2/c1-13-19(14(2)27-23-13)17-6-4-5-16(21-17)11-15-7-10-25(12-15)20(26)18-8-9-24(3)22-18/h4-6,8-9,15H,7,10-12H2,1-3H3. The van der Waals surface area contributed by atoms with Gasteiger partial charge in [-0.05, 0) is 50.8 Å². The Bertz CT molecular complexity index is 955. The highest BCUT2D eigenvalue weighted by molar-refractivity contribution is 5.92. The van der Waals surface area contributed by atoms with Crippen molar-refractivity contribution in [3.8, 4) is 11.3 Å². The van der Waals surface area contributed by atoms with Crippen molar-refractivity contribution in [2.24, 2.45) is 13.0 Å². The van der Waals surface area contributed by atoms with E-state index in [2.05, 4.69) is 10.3 Å². The van der Waals surface area contributed by atoms with E-state index in [1.807, 2.05) is 44.0 Å². The Kier molecular flexibility index (Phi) is 4.51. The van der Waals surface area contributed by atoms with Crippen molar-refractivity contribution in [2.75, 3.05) is 13.1 Å². The summed E-state index contributed by atoms with van der Waals surface area (Å²) < 4.78 is 6.92. The van der Waals surface area contributed by atoms with Gasteiger partial charge in [-0.2, -0.15) is 5.10 Å². The molecule has 1 aliphatic heterocycles. The van der Waals surface area contributed by atoms with E-state index in [1.165, 1.54) is 0 Å². The Morgan fingerprint density at radius 3 is 2.85 bits per heavy atom. The van der Waals surface area contributed by atoms with E-state index in [4.69, 9.17) is 9.51 Å². The lowest BCUT2D eigenvalue weighted by Crippen LogP contribution is -2.29. The van der Waals surface area contributed by atoms with Gasteiger partial charge in [-0.15, -0.1) is 0 Å². The first-order valence-electron chi connectivity index (χ1n) is 9.19. The predicted octanol–water partition coefficient (Wildman–Crippen LogP) is 2.79. The van der Waals surface area contributed by atoms with Gasteiger partial charge in [0.1, 0.15) is 11.5 Å². The minimum atomic E-state index is 0.00975. The fraction of sp³-hybridized carbons (Fsp3) is 0.400. The molecule has 1 saturated heterocycles. The molecule has 1 amide bonds. The molecule has 7 heteroatoms. The SMILES string of the molecule is Cc1noc(C)c1-c1cccc(CC2CCN(C(=O)c3ccn(C)n3)C2)n1. The number of likely N-dealkylation sites (tertiary alicyclic amines) is 1. The van der Waals surface area contributed by atoms with Gasteiger partial charge < -0.3 is 9.42 Å². The lowest BCUT2D eigenvalue weighted by Gasteiger charge is -2.15. The quantitative estimate of drug-likeness (QED) is 0.710. The lowest BCUT2D eigenvalue weighted by atomic mass is 10.0. The number of nitrogens with zero attached hydrogens (tertiary/aromatic N) is 5. The number of hydrogen-bond donors (Lipinski definition) is 0. The first-order valence-corrected chi connectivity index (χ1v) is 9.19. The van der Waals surface area contributed by atoms with Crippen LogP contribution in [0.15, 0.2) is 35.0 Å². The zero-order valence-corrected chi connectivity index (χ0v) is 15.8. The van der Waals surface area contributed by atoms with Gasteiger partial charge in [0.25, 0.3) is 5.91 Å².